The van der Waals surface area contributed by atoms with Crippen molar-refractivity contribution in [1.82, 2.24) is 9.97 Å². The van der Waals surface area contributed by atoms with Gasteiger partial charge in [0, 0.05) is 28.1 Å². The van der Waals surface area contributed by atoms with E-state index in [0.717, 1.165) is 35.4 Å². The molecular formula is C35H31ClN2O4. The highest BCUT2D eigenvalue weighted by molar-refractivity contribution is 6.34. The largest absolute Gasteiger partial charge is 0.497 e. The first-order valence-electron chi connectivity index (χ1n) is 13.8. The Morgan fingerprint density at radius 3 is 2.40 bits per heavy atom. The van der Waals surface area contributed by atoms with Crippen LogP contribution in [0.2, 0.25) is 5.02 Å². The van der Waals surface area contributed by atoms with Crippen LogP contribution in [0, 0.1) is 0 Å². The van der Waals surface area contributed by atoms with Crippen LogP contribution in [-0.4, -0.2) is 33.9 Å². The molecule has 7 heteroatoms. The molecule has 0 aliphatic rings. The average molecular weight is 579 g/mol. The minimum absolute atomic E-state index is 0.00360. The van der Waals surface area contributed by atoms with Crippen LogP contribution in [0.5, 0.6) is 5.75 Å². The van der Waals surface area contributed by atoms with E-state index in [-0.39, 0.29) is 17.3 Å². The van der Waals surface area contributed by atoms with Gasteiger partial charge in [0.1, 0.15) is 11.6 Å². The summed E-state index contributed by atoms with van der Waals surface area (Å²) in [6, 6.07) is 27.7. The molecule has 0 radical (unpaired) electrons. The van der Waals surface area contributed by atoms with Gasteiger partial charge in [-0.05, 0) is 65.4 Å². The highest BCUT2D eigenvalue weighted by Crippen LogP contribution is 2.39. The van der Waals surface area contributed by atoms with Crippen LogP contribution in [0.25, 0.3) is 33.8 Å². The normalized spacial score (nSPS) is 11.7. The number of rotatable bonds is 11. The molecule has 1 heterocycles. The molecule has 1 aromatic heterocycles. The molecule has 4 aromatic carbocycles. The molecule has 0 saturated heterocycles. The predicted molar refractivity (Wildman–Crippen MR) is 166 cm³/mol. The molecule has 0 bridgehead atoms. The van der Waals surface area contributed by atoms with E-state index in [4.69, 9.17) is 16.3 Å². The molecule has 0 fully saturated rings. The summed E-state index contributed by atoms with van der Waals surface area (Å²) >= 11 is 6.71. The number of aromatic nitrogens is 2. The molecule has 212 valence electrons. The summed E-state index contributed by atoms with van der Waals surface area (Å²) < 4.78 is 5.25. The van der Waals surface area contributed by atoms with Gasteiger partial charge in [-0.25, -0.2) is 9.78 Å². The van der Waals surface area contributed by atoms with Gasteiger partial charge in [-0.1, -0.05) is 79.5 Å². The third-order valence-corrected chi connectivity index (χ3v) is 7.74. The van der Waals surface area contributed by atoms with Crippen molar-refractivity contribution in [1.29, 1.82) is 0 Å². The molecule has 1 atom stereocenters. The maximum absolute atomic E-state index is 13.4. The lowest BCUT2D eigenvalue weighted by molar-refractivity contribution is 0.0697. The lowest BCUT2D eigenvalue weighted by Gasteiger charge is -2.17. The predicted octanol–water partition coefficient (Wildman–Crippen LogP) is 8.93. The van der Waals surface area contributed by atoms with Gasteiger partial charge in [0.25, 0.3) is 0 Å². The number of methoxy groups -OCH3 is 1. The van der Waals surface area contributed by atoms with E-state index in [1.165, 1.54) is 6.07 Å². The number of nitrogens with one attached hydrogen (secondary N) is 1. The fourth-order valence-corrected chi connectivity index (χ4v) is 5.56. The van der Waals surface area contributed by atoms with E-state index in [1.54, 1.807) is 37.6 Å². The zero-order valence-corrected chi connectivity index (χ0v) is 24.2. The van der Waals surface area contributed by atoms with Crippen LogP contribution < -0.4 is 4.74 Å². The van der Waals surface area contributed by atoms with Gasteiger partial charge in [0.05, 0.1) is 24.6 Å². The SMILES string of the molecule is CCC[C@@H](CC(=O)c1ccc(-c2c(Cl)cccc2-c2ncc(-c3ccc(OC)cc3)[nH]2)c(C(=O)O)c1)c1ccccc1. The number of aromatic amines is 1. The smallest absolute Gasteiger partial charge is 0.336 e. The third kappa shape index (κ3) is 6.14. The van der Waals surface area contributed by atoms with Crippen molar-refractivity contribution < 1.29 is 19.4 Å². The lowest BCUT2D eigenvalue weighted by Crippen LogP contribution is -2.10. The number of nitrogens with zero attached hydrogens (tertiary/aromatic N) is 1. The molecule has 6 nitrogen and oxygen atoms in total. The number of hydrogen-bond acceptors (Lipinski definition) is 4. The van der Waals surface area contributed by atoms with Crippen molar-refractivity contribution in [3.8, 4) is 39.5 Å². The van der Waals surface area contributed by atoms with Gasteiger partial charge in [-0.2, -0.15) is 0 Å². The van der Waals surface area contributed by atoms with Crippen molar-refractivity contribution in [3.05, 3.63) is 119 Å². The number of carboxylic acids is 1. The Hall–Kier alpha value is -4.68. The zero-order valence-electron chi connectivity index (χ0n) is 23.4. The fraction of sp³-hybridized carbons (Fsp3) is 0.171. The summed E-state index contributed by atoms with van der Waals surface area (Å²) in [4.78, 5) is 33.9. The second-order valence-corrected chi connectivity index (χ2v) is 10.5. The molecule has 0 unspecified atom stereocenters. The number of imidazole rings is 1. The second kappa shape index (κ2) is 12.9. The second-order valence-electron chi connectivity index (χ2n) is 10.1. The lowest BCUT2D eigenvalue weighted by atomic mass is 9.87. The minimum atomic E-state index is -1.14. The monoisotopic (exact) mass is 578 g/mol. The Labute approximate surface area is 250 Å². The van der Waals surface area contributed by atoms with Crippen LogP contribution in [0.1, 0.15) is 58.4 Å². The number of ketones is 1. The first-order valence-corrected chi connectivity index (χ1v) is 14.2. The van der Waals surface area contributed by atoms with E-state index < -0.39 is 5.97 Å². The Balaban J connectivity index is 1.50. The molecule has 0 spiro atoms. The first-order chi connectivity index (χ1) is 20.4. The van der Waals surface area contributed by atoms with Crippen LogP contribution in [0.15, 0.2) is 97.2 Å². The van der Waals surface area contributed by atoms with Gasteiger partial charge < -0.3 is 14.8 Å². The van der Waals surface area contributed by atoms with Gasteiger partial charge >= 0.3 is 5.97 Å². The highest BCUT2D eigenvalue weighted by Gasteiger charge is 2.23. The zero-order chi connectivity index (χ0) is 29.6. The molecule has 5 rings (SSSR count). The number of halogens is 1. The Morgan fingerprint density at radius 1 is 0.952 bits per heavy atom. The van der Waals surface area contributed by atoms with E-state index in [0.29, 0.717) is 39.5 Å². The van der Waals surface area contributed by atoms with Crippen molar-refractivity contribution in [3.63, 3.8) is 0 Å². The van der Waals surface area contributed by atoms with Gasteiger partial charge in [0.2, 0.25) is 0 Å². The number of hydrogen-bond donors (Lipinski definition) is 2. The number of Topliss-reactive ketones (excluding diaryl/α,β-unsaturated/α-hetero) is 1. The van der Waals surface area contributed by atoms with Crippen molar-refractivity contribution in [2.24, 2.45) is 0 Å². The first kappa shape index (κ1) is 28.8. The van der Waals surface area contributed by atoms with E-state index >= 15 is 0 Å². The summed E-state index contributed by atoms with van der Waals surface area (Å²) in [5, 5.41) is 10.6. The van der Waals surface area contributed by atoms with E-state index in [2.05, 4.69) is 16.9 Å². The Kier molecular flexibility index (Phi) is 8.84. The fourth-order valence-electron chi connectivity index (χ4n) is 5.29. The summed E-state index contributed by atoms with van der Waals surface area (Å²) in [5.74, 6) is 0.114. The number of benzene rings is 4. The molecule has 0 amide bonds. The summed E-state index contributed by atoms with van der Waals surface area (Å²) in [5.41, 5.74) is 4.77. The maximum atomic E-state index is 13.4. The number of aromatic carboxylic acids is 1. The minimum Gasteiger partial charge on any atom is -0.497 e. The highest BCUT2D eigenvalue weighted by atomic mass is 35.5. The van der Waals surface area contributed by atoms with Crippen molar-refractivity contribution in [2.45, 2.75) is 32.1 Å². The standard InChI is InChI=1S/C35H31ClN2O4/c1-3-8-24(22-9-5-4-6-10-22)20-32(39)25-15-18-27(29(19-25)35(40)41)33-28(11-7-12-30(33)36)34-37-21-31(38-34)23-13-16-26(42-2)17-14-23/h4-7,9-19,21,24H,3,8,20H2,1-2H3,(H,37,38)(H,40,41)/t24-/m0/s1. The molecule has 0 saturated carbocycles. The number of carbonyl (C=O) groups is 2. The average Bonchev–Trinajstić information content (AvgIpc) is 3.51. The van der Waals surface area contributed by atoms with Crippen LogP contribution in [0.4, 0.5) is 0 Å². The van der Waals surface area contributed by atoms with Crippen LogP contribution in [-0.2, 0) is 0 Å². The van der Waals surface area contributed by atoms with Crippen LogP contribution >= 0.6 is 11.6 Å². The van der Waals surface area contributed by atoms with Gasteiger partial charge in [-0.3, -0.25) is 4.79 Å². The van der Waals surface area contributed by atoms with Gasteiger partial charge in [0.15, 0.2) is 5.78 Å². The van der Waals surface area contributed by atoms with E-state index in [1.807, 2.05) is 60.7 Å². The third-order valence-electron chi connectivity index (χ3n) is 7.43. The Bertz CT molecular complexity index is 1710. The molecule has 42 heavy (non-hydrogen) atoms. The molecular weight excluding hydrogens is 548 g/mol. The van der Waals surface area contributed by atoms with Crippen LogP contribution in [0.3, 0.4) is 0 Å². The molecule has 0 aliphatic heterocycles. The summed E-state index contributed by atoms with van der Waals surface area (Å²) in [7, 11) is 1.62. The topological polar surface area (TPSA) is 92.3 Å². The van der Waals surface area contributed by atoms with Crippen molar-refractivity contribution >= 4 is 23.4 Å². The summed E-state index contributed by atoms with van der Waals surface area (Å²) in [6.07, 6.45) is 3.83. The number of H-pyrrole nitrogens is 1. The molecule has 5 aromatic rings. The number of carboxylic acid groups (broad SMARTS) is 1. The Morgan fingerprint density at radius 2 is 1.71 bits per heavy atom. The van der Waals surface area contributed by atoms with Gasteiger partial charge in [-0.15, -0.1) is 0 Å². The quantitative estimate of drug-likeness (QED) is 0.153. The van der Waals surface area contributed by atoms with E-state index in [9.17, 15) is 14.7 Å². The number of ether oxygens (including phenoxy) is 1. The molecule has 0 aliphatic carbocycles. The maximum Gasteiger partial charge on any atom is 0.336 e. The van der Waals surface area contributed by atoms with Crippen molar-refractivity contribution in [2.75, 3.05) is 7.11 Å². The number of carbonyl (C=O) groups excluding carboxylic acids is 1. The molecule has 2 N–H and O–H groups in total. The summed E-state index contributed by atoms with van der Waals surface area (Å²) in [6.45, 7) is 2.10.